The van der Waals surface area contributed by atoms with Crippen molar-refractivity contribution < 1.29 is 19.3 Å². The van der Waals surface area contributed by atoms with Crippen molar-refractivity contribution in [1.29, 1.82) is 0 Å². The summed E-state index contributed by atoms with van der Waals surface area (Å²) in [5.41, 5.74) is 0.940. The Morgan fingerprint density at radius 3 is 2.72 bits per heavy atom. The number of carbonyl (C=O) groups is 1. The lowest BCUT2D eigenvalue weighted by Gasteiger charge is -2.29. The summed E-state index contributed by atoms with van der Waals surface area (Å²) in [6.45, 7) is 1.73. The van der Waals surface area contributed by atoms with Gasteiger partial charge in [0.25, 0.3) is 5.96 Å². The first-order valence-electron chi connectivity index (χ1n) is 7.92. The minimum Gasteiger partial charge on any atom is -0.452 e. The summed E-state index contributed by atoms with van der Waals surface area (Å²) < 4.78 is 10.1. The first-order chi connectivity index (χ1) is 12.0. The Kier molecular flexibility index (Phi) is 6.70. The number of amides is 1. The number of nitro groups is 1. The third-order valence-corrected chi connectivity index (χ3v) is 3.88. The number of guanidine groups is 1. The molecule has 0 bridgehead atoms. The molecule has 9 nitrogen and oxygen atoms in total. The van der Waals surface area contributed by atoms with Crippen LogP contribution in [0.25, 0.3) is 0 Å². The molecule has 1 aromatic carbocycles. The van der Waals surface area contributed by atoms with Crippen LogP contribution >= 0.6 is 0 Å². The average Bonchev–Trinajstić information content (AvgIpc) is 3.11. The van der Waals surface area contributed by atoms with E-state index >= 15 is 0 Å². The Hall–Kier alpha value is -2.68. The predicted octanol–water partition coefficient (Wildman–Crippen LogP) is 1.77. The van der Waals surface area contributed by atoms with Crippen molar-refractivity contribution in [1.82, 2.24) is 9.80 Å². The third kappa shape index (κ3) is 5.42. The lowest BCUT2D eigenvalue weighted by atomic mass is 10.1. The number of hydrogen-bond acceptors (Lipinski definition) is 5. The van der Waals surface area contributed by atoms with Crippen LogP contribution in [-0.4, -0.2) is 60.8 Å². The smallest absolute Gasteiger partial charge is 0.416 e. The summed E-state index contributed by atoms with van der Waals surface area (Å²) in [4.78, 5) is 26.0. The monoisotopic (exact) mass is 350 g/mol. The zero-order valence-corrected chi connectivity index (χ0v) is 14.3. The van der Waals surface area contributed by atoms with Gasteiger partial charge >= 0.3 is 6.09 Å². The number of nitrogens with zero attached hydrogens (tertiary/aromatic N) is 4. The molecule has 1 unspecified atom stereocenters. The molecular formula is C16H22N4O5. The van der Waals surface area contributed by atoms with Crippen molar-refractivity contribution in [3.05, 3.63) is 46.0 Å². The fourth-order valence-corrected chi connectivity index (χ4v) is 2.67. The third-order valence-electron chi connectivity index (χ3n) is 3.88. The number of carbonyl (C=O) groups excluding carboxylic acids is 1. The van der Waals surface area contributed by atoms with Gasteiger partial charge in [0.1, 0.15) is 5.10 Å². The summed E-state index contributed by atoms with van der Waals surface area (Å²) >= 11 is 0. The van der Waals surface area contributed by atoms with E-state index in [1.807, 2.05) is 30.3 Å². The maximum absolute atomic E-state index is 12.2. The largest absolute Gasteiger partial charge is 0.452 e. The summed E-state index contributed by atoms with van der Waals surface area (Å²) in [7, 11) is 2.89. The molecule has 0 N–H and O–H groups in total. The Labute approximate surface area is 146 Å². The molecule has 1 heterocycles. The number of rotatable bonds is 5. The number of benzene rings is 1. The second-order valence-electron chi connectivity index (χ2n) is 5.79. The topological polar surface area (TPSA) is 97.5 Å². The normalized spacial score (nSPS) is 17.2. The predicted molar refractivity (Wildman–Crippen MR) is 90.4 cm³/mol. The molecule has 0 aliphatic carbocycles. The minimum absolute atomic E-state index is 0.0624. The molecule has 0 saturated carbocycles. The van der Waals surface area contributed by atoms with Crippen LogP contribution in [-0.2, 0) is 16.0 Å². The van der Waals surface area contributed by atoms with E-state index in [-0.39, 0.29) is 18.4 Å². The maximum Gasteiger partial charge on any atom is 0.416 e. The highest BCUT2D eigenvalue weighted by molar-refractivity contribution is 5.93. The van der Waals surface area contributed by atoms with Crippen LogP contribution in [0.5, 0.6) is 0 Å². The van der Waals surface area contributed by atoms with Gasteiger partial charge < -0.3 is 14.4 Å². The van der Waals surface area contributed by atoms with E-state index in [4.69, 9.17) is 9.47 Å². The molecule has 0 aromatic heterocycles. The van der Waals surface area contributed by atoms with E-state index in [0.29, 0.717) is 19.8 Å². The molecule has 1 aromatic rings. The fourth-order valence-electron chi connectivity index (χ4n) is 2.67. The van der Waals surface area contributed by atoms with Gasteiger partial charge in [-0.1, -0.05) is 30.3 Å². The summed E-state index contributed by atoms with van der Waals surface area (Å²) in [5.74, 6) is 0.0220. The highest BCUT2D eigenvalue weighted by atomic mass is 16.7. The first kappa shape index (κ1) is 18.7. The van der Waals surface area contributed by atoms with Gasteiger partial charge in [-0.3, -0.25) is 0 Å². The lowest BCUT2D eigenvalue weighted by Crippen LogP contribution is -2.48. The van der Waals surface area contributed by atoms with Crippen LogP contribution in [0.1, 0.15) is 12.0 Å². The second kappa shape index (κ2) is 8.97. The van der Waals surface area contributed by atoms with Gasteiger partial charge in [0, 0.05) is 32.7 Å². The van der Waals surface area contributed by atoms with Crippen LogP contribution < -0.4 is 0 Å². The molecule has 0 radical (unpaired) electrons. The second-order valence-corrected chi connectivity index (χ2v) is 5.79. The van der Waals surface area contributed by atoms with E-state index < -0.39 is 11.1 Å². The number of ether oxygens (including phenoxy) is 2. The standard InChI is InChI=1S/C16H22N4O5/c1-18(10-13-6-4-3-5-7-13)15(17-20(22)23)19(16(21)24-2)11-14-8-9-25-12-14/h3-7,14H,8-12H2,1-2H3/b17-15+. The fraction of sp³-hybridized carbons (Fsp3) is 0.500. The zero-order chi connectivity index (χ0) is 18.2. The van der Waals surface area contributed by atoms with Gasteiger partial charge in [-0.15, -0.1) is 0 Å². The summed E-state index contributed by atoms with van der Waals surface area (Å²) in [6, 6.07) is 9.43. The Morgan fingerprint density at radius 2 is 2.16 bits per heavy atom. The number of hydrogen-bond donors (Lipinski definition) is 0. The van der Waals surface area contributed by atoms with E-state index in [1.54, 1.807) is 11.9 Å². The van der Waals surface area contributed by atoms with Crippen LogP contribution in [0.4, 0.5) is 4.79 Å². The molecule has 25 heavy (non-hydrogen) atoms. The summed E-state index contributed by atoms with van der Waals surface area (Å²) in [6.07, 6.45) is 0.0918. The molecule has 1 aliphatic rings. The van der Waals surface area contributed by atoms with Crippen LogP contribution in [0.15, 0.2) is 35.4 Å². The molecule has 2 rings (SSSR count). The quantitative estimate of drug-likeness (QED) is 0.347. The lowest BCUT2D eigenvalue weighted by molar-refractivity contribution is -0.486. The van der Waals surface area contributed by atoms with E-state index in [9.17, 15) is 14.9 Å². The van der Waals surface area contributed by atoms with Crippen LogP contribution in [0.2, 0.25) is 0 Å². The number of hydrazone groups is 1. The van der Waals surface area contributed by atoms with Gasteiger partial charge in [0.05, 0.1) is 13.7 Å². The van der Waals surface area contributed by atoms with Crippen molar-refractivity contribution in [3.63, 3.8) is 0 Å². The molecule has 1 amide bonds. The van der Waals surface area contributed by atoms with Gasteiger partial charge in [-0.25, -0.2) is 19.8 Å². The molecular weight excluding hydrogens is 328 g/mol. The van der Waals surface area contributed by atoms with Crippen molar-refractivity contribution >= 4 is 12.1 Å². The Bertz CT molecular complexity index is 616. The minimum atomic E-state index is -0.808. The van der Waals surface area contributed by atoms with Gasteiger partial charge in [0.15, 0.2) is 5.03 Å². The van der Waals surface area contributed by atoms with Crippen LogP contribution in [0, 0.1) is 16.0 Å². The first-order valence-corrected chi connectivity index (χ1v) is 7.92. The molecule has 1 fully saturated rings. The van der Waals surface area contributed by atoms with Gasteiger partial charge in [-0.2, -0.15) is 0 Å². The van der Waals surface area contributed by atoms with Crippen molar-refractivity contribution in [2.75, 3.05) is 33.9 Å². The SMILES string of the molecule is COC(=O)N(CC1CCOC1)/C(=N/[N+](=O)[O-])N(C)Cc1ccccc1. The molecule has 1 atom stereocenters. The zero-order valence-electron chi connectivity index (χ0n) is 14.3. The van der Waals surface area contributed by atoms with Crippen molar-refractivity contribution in [2.24, 2.45) is 11.0 Å². The summed E-state index contributed by atoms with van der Waals surface area (Å²) in [5, 5.41) is 13.6. The average molecular weight is 350 g/mol. The van der Waals surface area contributed by atoms with Crippen molar-refractivity contribution in [2.45, 2.75) is 13.0 Å². The molecule has 1 saturated heterocycles. The van der Waals surface area contributed by atoms with Gasteiger partial charge in [-0.05, 0) is 12.0 Å². The van der Waals surface area contributed by atoms with E-state index in [1.165, 1.54) is 12.0 Å². The molecule has 9 heteroatoms. The highest BCUT2D eigenvalue weighted by Crippen LogP contribution is 2.16. The van der Waals surface area contributed by atoms with E-state index in [2.05, 4.69) is 5.10 Å². The van der Waals surface area contributed by atoms with E-state index in [0.717, 1.165) is 12.0 Å². The van der Waals surface area contributed by atoms with Crippen molar-refractivity contribution in [3.8, 4) is 0 Å². The highest BCUT2D eigenvalue weighted by Gasteiger charge is 2.31. The number of methoxy groups -OCH3 is 1. The molecule has 1 aliphatic heterocycles. The molecule has 136 valence electrons. The Balaban J connectivity index is 2.24. The molecule has 0 spiro atoms. The van der Waals surface area contributed by atoms with Crippen LogP contribution in [0.3, 0.4) is 0 Å². The Morgan fingerprint density at radius 1 is 1.44 bits per heavy atom. The van der Waals surface area contributed by atoms with Gasteiger partial charge in [0.2, 0.25) is 0 Å². The maximum atomic E-state index is 12.2.